The van der Waals surface area contributed by atoms with Crippen LogP contribution in [0.15, 0.2) is 4.99 Å². The Morgan fingerprint density at radius 3 is 2.13 bits per heavy atom. The van der Waals surface area contributed by atoms with Crippen LogP contribution >= 0.6 is 0 Å². The Hall–Kier alpha value is -0.810. The highest BCUT2D eigenvalue weighted by Gasteiger charge is 2.23. The maximum Gasteiger partial charge on any atom is 0.287 e. The van der Waals surface area contributed by atoms with Crippen molar-refractivity contribution >= 4 is 6.02 Å². The minimum atomic E-state index is -1.10. The molecular formula is C10H22N2O3. The molecule has 0 fully saturated rings. The zero-order valence-corrected chi connectivity index (χ0v) is 10.4. The summed E-state index contributed by atoms with van der Waals surface area (Å²) in [6, 6.07) is 0.691. The summed E-state index contributed by atoms with van der Waals surface area (Å²) in [5.74, 6) is -1.10. The Labute approximate surface area is 91.4 Å². The molecule has 0 aromatic rings. The number of nitrogens with zero attached hydrogens (tertiary/aromatic N) is 1. The van der Waals surface area contributed by atoms with E-state index in [1.54, 1.807) is 13.8 Å². The molecule has 0 amide bonds. The van der Waals surface area contributed by atoms with Crippen molar-refractivity contribution in [2.45, 2.75) is 59.4 Å². The highest BCUT2D eigenvalue weighted by atomic mass is 17.1. The number of ether oxygens (including phenoxy) is 1. The van der Waals surface area contributed by atoms with E-state index in [4.69, 9.17) is 9.99 Å². The maximum absolute atomic E-state index is 8.60. The molecule has 0 saturated heterocycles. The number of aliphatic imine (C=N–C) groups is 1. The third kappa shape index (κ3) is 7.16. The van der Waals surface area contributed by atoms with Gasteiger partial charge in [-0.05, 0) is 27.7 Å². The highest BCUT2D eigenvalue weighted by molar-refractivity contribution is 5.74. The van der Waals surface area contributed by atoms with E-state index in [9.17, 15) is 0 Å². The molecule has 0 aliphatic carbocycles. The van der Waals surface area contributed by atoms with Crippen LogP contribution in [0.1, 0.15) is 41.5 Å². The van der Waals surface area contributed by atoms with Gasteiger partial charge < -0.3 is 10.1 Å². The van der Waals surface area contributed by atoms with Crippen LogP contribution in [-0.4, -0.2) is 29.1 Å². The predicted octanol–water partition coefficient (Wildman–Crippen LogP) is 1.99. The molecule has 5 nitrogen and oxygen atoms in total. The lowest BCUT2D eigenvalue weighted by Crippen LogP contribution is -2.40. The largest absolute Gasteiger partial charge is 0.431 e. The lowest BCUT2D eigenvalue weighted by atomic mass is 10.4. The minimum absolute atomic E-state index is 0.112. The summed E-state index contributed by atoms with van der Waals surface area (Å²) in [4.78, 5) is 8.43. The smallest absolute Gasteiger partial charge is 0.287 e. The van der Waals surface area contributed by atoms with Crippen LogP contribution in [0.4, 0.5) is 0 Å². The van der Waals surface area contributed by atoms with Gasteiger partial charge in [-0.3, -0.25) is 0 Å². The monoisotopic (exact) mass is 218 g/mol. The molecule has 0 bridgehead atoms. The second-order valence-electron chi connectivity index (χ2n) is 4.42. The van der Waals surface area contributed by atoms with Gasteiger partial charge in [0.1, 0.15) is 0 Å². The Kier molecular flexibility index (Phi) is 5.60. The summed E-state index contributed by atoms with van der Waals surface area (Å²) in [6.45, 7) is 11.0. The van der Waals surface area contributed by atoms with E-state index in [1.807, 2.05) is 27.7 Å². The van der Waals surface area contributed by atoms with E-state index in [0.29, 0.717) is 6.02 Å². The fraction of sp³-hybridized carbons (Fsp3) is 0.900. The molecule has 0 unspecified atom stereocenters. The minimum Gasteiger partial charge on any atom is -0.431 e. The van der Waals surface area contributed by atoms with Crippen molar-refractivity contribution in [3.63, 3.8) is 0 Å². The molecule has 0 aromatic carbocycles. The zero-order chi connectivity index (χ0) is 12.1. The molecule has 0 rings (SSSR count). The van der Waals surface area contributed by atoms with Gasteiger partial charge in [0, 0.05) is 25.9 Å². The first kappa shape index (κ1) is 14.2. The third-order valence-corrected chi connectivity index (χ3v) is 1.35. The van der Waals surface area contributed by atoms with Crippen molar-refractivity contribution in [1.82, 2.24) is 5.32 Å². The van der Waals surface area contributed by atoms with E-state index in [0.717, 1.165) is 0 Å². The number of amidine groups is 1. The van der Waals surface area contributed by atoms with E-state index in [-0.39, 0.29) is 12.1 Å². The summed E-state index contributed by atoms with van der Waals surface area (Å²) in [7, 11) is 0. The molecule has 2 N–H and O–H groups in total. The topological polar surface area (TPSA) is 63.1 Å². The normalized spacial score (nSPS) is 13.5. The van der Waals surface area contributed by atoms with Crippen molar-refractivity contribution in [3.8, 4) is 0 Å². The van der Waals surface area contributed by atoms with Gasteiger partial charge in [0.25, 0.3) is 6.02 Å². The van der Waals surface area contributed by atoms with E-state index >= 15 is 0 Å². The summed E-state index contributed by atoms with van der Waals surface area (Å²) in [5.41, 5.74) is 0. The van der Waals surface area contributed by atoms with Gasteiger partial charge >= 0.3 is 0 Å². The zero-order valence-electron chi connectivity index (χ0n) is 10.4. The predicted molar refractivity (Wildman–Crippen MR) is 59.7 cm³/mol. The maximum atomic E-state index is 8.60. The fourth-order valence-electron chi connectivity index (χ4n) is 0.826. The molecule has 0 aromatic heterocycles. The highest BCUT2D eigenvalue weighted by Crippen LogP contribution is 2.10. The average Bonchev–Trinajstić information content (AvgIpc) is 2.00. The molecule has 0 atom stereocenters. The van der Waals surface area contributed by atoms with Crippen LogP contribution in [0.25, 0.3) is 0 Å². The van der Waals surface area contributed by atoms with E-state index in [2.05, 4.69) is 15.2 Å². The van der Waals surface area contributed by atoms with Crippen molar-refractivity contribution < 1.29 is 14.9 Å². The lowest BCUT2D eigenvalue weighted by molar-refractivity contribution is -0.372. The van der Waals surface area contributed by atoms with Crippen molar-refractivity contribution in [3.05, 3.63) is 0 Å². The molecule has 0 saturated carbocycles. The quantitative estimate of drug-likeness (QED) is 0.249. The Morgan fingerprint density at radius 1 is 1.27 bits per heavy atom. The Balaban J connectivity index is 4.51. The van der Waals surface area contributed by atoms with E-state index < -0.39 is 5.79 Å². The fourth-order valence-corrected chi connectivity index (χ4v) is 0.826. The molecule has 15 heavy (non-hydrogen) atoms. The van der Waals surface area contributed by atoms with Crippen LogP contribution in [0.2, 0.25) is 0 Å². The third-order valence-electron chi connectivity index (χ3n) is 1.35. The number of nitrogens with one attached hydrogen (secondary N) is 1. The molecule has 90 valence electrons. The lowest BCUT2D eigenvalue weighted by Gasteiger charge is -2.25. The summed E-state index contributed by atoms with van der Waals surface area (Å²) in [6.07, 6.45) is 0. The van der Waals surface area contributed by atoms with Crippen LogP contribution in [0.5, 0.6) is 0 Å². The molecule has 0 heterocycles. The SMILES string of the molecule is CC(C)N=C(NC(C)C)OC(C)(C)OO. The number of hydrogen-bond donors (Lipinski definition) is 2. The van der Waals surface area contributed by atoms with Crippen LogP contribution < -0.4 is 5.32 Å². The van der Waals surface area contributed by atoms with Gasteiger partial charge in [0.15, 0.2) is 0 Å². The first-order chi connectivity index (χ1) is 6.76. The van der Waals surface area contributed by atoms with Gasteiger partial charge in [-0.2, -0.15) is 4.89 Å². The van der Waals surface area contributed by atoms with Crippen LogP contribution in [-0.2, 0) is 9.62 Å². The number of rotatable bonds is 4. The van der Waals surface area contributed by atoms with Crippen molar-refractivity contribution in [1.29, 1.82) is 0 Å². The molecule has 5 heteroatoms. The molecule has 0 spiro atoms. The summed E-state index contributed by atoms with van der Waals surface area (Å²) < 4.78 is 5.38. The van der Waals surface area contributed by atoms with Gasteiger partial charge in [0.05, 0.1) is 0 Å². The first-order valence-corrected chi connectivity index (χ1v) is 5.12. The molecular weight excluding hydrogens is 196 g/mol. The van der Waals surface area contributed by atoms with E-state index in [1.165, 1.54) is 0 Å². The van der Waals surface area contributed by atoms with Gasteiger partial charge in [-0.15, -0.1) is 0 Å². The molecule has 0 aliphatic heterocycles. The van der Waals surface area contributed by atoms with Crippen molar-refractivity contribution in [2.75, 3.05) is 0 Å². The van der Waals surface area contributed by atoms with Gasteiger partial charge in [-0.1, -0.05) is 0 Å². The van der Waals surface area contributed by atoms with Gasteiger partial charge in [-0.25, -0.2) is 10.2 Å². The summed E-state index contributed by atoms with van der Waals surface area (Å²) >= 11 is 0. The van der Waals surface area contributed by atoms with Crippen LogP contribution in [0.3, 0.4) is 0 Å². The number of hydrogen-bond acceptors (Lipinski definition) is 4. The second kappa shape index (κ2) is 5.92. The van der Waals surface area contributed by atoms with Gasteiger partial charge in [0.2, 0.25) is 5.79 Å². The average molecular weight is 218 g/mol. The molecule has 0 aliphatic rings. The van der Waals surface area contributed by atoms with Crippen molar-refractivity contribution in [2.24, 2.45) is 4.99 Å². The first-order valence-electron chi connectivity index (χ1n) is 5.12. The molecule has 0 radical (unpaired) electrons. The van der Waals surface area contributed by atoms with Crippen LogP contribution in [0, 0.1) is 0 Å². The Bertz CT molecular complexity index is 213. The Morgan fingerprint density at radius 2 is 1.80 bits per heavy atom. The summed E-state index contributed by atoms with van der Waals surface area (Å²) in [5, 5.41) is 11.6. The standard InChI is InChI=1S/C10H22N2O3/c1-7(2)11-9(12-8(3)4)14-10(5,6)15-13/h7-8,13H,1-6H3,(H,11,12). The second-order valence-corrected chi connectivity index (χ2v) is 4.42.